The molecular weight excluding hydrogens is 393 g/mol. The number of urea groups is 1. The number of nitrogens with zero attached hydrogens (tertiary/aromatic N) is 1. The van der Waals surface area contributed by atoms with Gasteiger partial charge in [0.1, 0.15) is 5.82 Å². The molecule has 8 heteroatoms. The fraction of sp³-hybridized carbons (Fsp3) is 0.118. The summed E-state index contributed by atoms with van der Waals surface area (Å²) in [5.74, 6) is -1.29. The van der Waals surface area contributed by atoms with E-state index in [1.807, 2.05) is 0 Å². The number of imide groups is 1. The third kappa shape index (κ3) is 3.85. The number of amides is 4. The quantitative estimate of drug-likeness (QED) is 0.767. The zero-order valence-corrected chi connectivity index (χ0v) is 14.5. The first-order chi connectivity index (χ1) is 11.9. The fourth-order valence-electron chi connectivity index (χ4n) is 2.42. The molecule has 1 aliphatic rings. The summed E-state index contributed by atoms with van der Waals surface area (Å²) in [6.45, 7) is 0.0981. The van der Waals surface area contributed by atoms with Crippen LogP contribution >= 0.6 is 15.9 Å². The lowest BCUT2D eigenvalue weighted by atomic mass is 10.1. The lowest BCUT2D eigenvalue weighted by Crippen LogP contribution is -2.30. The summed E-state index contributed by atoms with van der Waals surface area (Å²) in [6.07, 6.45) is 0. The zero-order chi connectivity index (χ0) is 18.0. The van der Waals surface area contributed by atoms with Crippen LogP contribution in [0.1, 0.15) is 15.9 Å². The number of hydrogen-bond donors (Lipinski definition) is 2. The number of carbonyl (C=O) groups excluding carboxylic acids is 3. The molecule has 0 saturated carbocycles. The van der Waals surface area contributed by atoms with Crippen molar-refractivity contribution >= 4 is 39.5 Å². The van der Waals surface area contributed by atoms with Crippen LogP contribution < -0.4 is 10.6 Å². The Morgan fingerprint density at radius 1 is 1.24 bits per heavy atom. The Bertz CT molecular complexity index is 856. The van der Waals surface area contributed by atoms with Crippen molar-refractivity contribution in [2.45, 2.75) is 6.54 Å². The van der Waals surface area contributed by atoms with Gasteiger partial charge in [-0.2, -0.15) is 0 Å². The SMILES string of the molecule is O=C(Nc1cccc(CN2C(=O)CNC2=O)c1)c1cc(F)ccc1Br. The normalized spacial score (nSPS) is 13.8. The van der Waals surface area contributed by atoms with Crippen molar-refractivity contribution in [2.75, 3.05) is 11.9 Å². The summed E-state index contributed by atoms with van der Waals surface area (Å²) < 4.78 is 13.8. The van der Waals surface area contributed by atoms with E-state index in [0.29, 0.717) is 15.7 Å². The van der Waals surface area contributed by atoms with E-state index in [-0.39, 0.29) is 24.6 Å². The zero-order valence-electron chi connectivity index (χ0n) is 12.9. The Kier molecular flexibility index (Phi) is 4.80. The van der Waals surface area contributed by atoms with E-state index in [1.54, 1.807) is 24.3 Å². The summed E-state index contributed by atoms with van der Waals surface area (Å²) in [6, 6.07) is 10.2. The van der Waals surface area contributed by atoms with Gasteiger partial charge in [0, 0.05) is 10.2 Å². The summed E-state index contributed by atoms with van der Waals surface area (Å²) >= 11 is 3.21. The number of nitrogens with one attached hydrogen (secondary N) is 2. The fourth-order valence-corrected chi connectivity index (χ4v) is 2.84. The smallest absolute Gasteiger partial charge is 0.324 e. The molecule has 0 aromatic heterocycles. The van der Waals surface area contributed by atoms with Crippen molar-refractivity contribution in [3.8, 4) is 0 Å². The van der Waals surface area contributed by atoms with E-state index in [0.717, 1.165) is 11.0 Å². The largest absolute Gasteiger partial charge is 0.329 e. The van der Waals surface area contributed by atoms with Crippen LogP contribution in [0.25, 0.3) is 0 Å². The average Bonchev–Trinajstić information content (AvgIpc) is 2.89. The van der Waals surface area contributed by atoms with Crippen LogP contribution in [0.15, 0.2) is 46.9 Å². The number of rotatable bonds is 4. The van der Waals surface area contributed by atoms with E-state index >= 15 is 0 Å². The summed E-state index contributed by atoms with van der Waals surface area (Å²) in [7, 11) is 0. The van der Waals surface area contributed by atoms with Gasteiger partial charge in [-0.15, -0.1) is 0 Å². The molecule has 1 fully saturated rings. The van der Waals surface area contributed by atoms with Crippen LogP contribution in [0.2, 0.25) is 0 Å². The molecule has 0 atom stereocenters. The summed E-state index contributed by atoms with van der Waals surface area (Å²) in [4.78, 5) is 36.6. The number of hydrogen-bond acceptors (Lipinski definition) is 3. The van der Waals surface area contributed by atoms with Crippen LogP contribution in [0.5, 0.6) is 0 Å². The van der Waals surface area contributed by atoms with Crippen molar-refractivity contribution in [3.05, 3.63) is 63.9 Å². The van der Waals surface area contributed by atoms with Gasteiger partial charge < -0.3 is 10.6 Å². The minimum absolute atomic E-state index is 0.0111. The molecule has 1 heterocycles. The number of halogens is 2. The predicted molar refractivity (Wildman–Crippen MR) is 92.4 cm³/mol. The highest BCUT2D eigenvalue weighted by atomic mass is 79.9. The third-order valence-electron chi connectivity index (χ3n) is 3.64. The molecule has 1 saturated heterocycles. The van der Waals surface area contributed by atoms with Gasteiger partial charge in [0.2, 0.25) is 5.91 Å². The second-order valence-corrected chi connectivity index (χ2v) is 6.27. The highest BCUT2D eigenvalue weighted by Crippen LogP contribution is 2.20. The second kappa shape index (κ2) is 7.02. The maximum Gasteiger partial charge on any atom is 0.324 e. The molecule has 128 valence electrons. The van der Waals surface area contributed by atoms with Crippen molar-refractivity contribution < 1.29 is 18.8 Å². The molecule has 3 rings (SSSR count). The maximum absolute atomic E-state index is 13.3. The predicted octanol–water partition coefficient (Wildman–Crippen LogP) is 2.89. The first kappa shape index (κ1) is 17.1. The molecule has 4 amide bonds. The van der Waals surface area contributed by atoms with Gasteiger partial charge in [0.25, 0.3) is 5.91 Å². The van der Waals surface area contributed by atoms with Crippen molar-refractivity contribution in [2.24, 2.45) is 0 Å². The van der Waals surface area contributed by atoms with E-state index in [9.17, 15) is 18.8 Å². The Labute approximate surface area is 151 Å². The van der Waals surface area contributed by atoms with Gasteiger partial charge in [-0.1, -0.05) is 12.1 Å². The van der Waals surface area contributed by atoms with Crippen LogP contribution in [0.3, 0.4) is 0 Å². The van der Waals surface area contributed by atoms with Gasteiger partial charge in [-0.3, -0.25) is 14.5 Å². The standard InChI is InChI=1S/C17H13BrFN3O3/c18-14-5-4-11(19)7-13(14)16(24)21-12-3-1-2-10(6-12)9-22-15(23)8-20-17(22)25/h1-7H,8-9H2,(H,20,25)(H,21,24). The Hall–Kier alpha value is -2.74. The van der Waals surface area contributed by atoms with Crippen molar-refractivity contribution in [1.29, 1.82) is 0 Å². The van der Waals surface area contributed by atoms with Crippen molar-refractivity contribution in [3.63, 3.8) is 0 Å². The molecule has 2 aromatic carbocycles. The molecule has 1 aliphatic heterocycles. The molecule has 0 spiro atoms. The van der Waals surface area contributed by atoms with E-state index in [4.69, 9.17) is 0 Å². The van der Waals surface area contributed by atoms with Crippen molar-refractivity contribution in [1.82, 2.24) is 10.2 Å². The van der Waals surface area contributed by atoms with Crippen LogP contribution in [-0.2, 0) is 11.3 Å². The van der Waals surface area contributed by atoms with Crippen LogP contribution in [0, 0.1) is 5.82 Å². The maximum atomic E-state index is 13.3. The summed E-state index contributed by atoms with van der Waals surface area (Å²) in [5.41, 5.74) is 1.33. The highest BCUT2D eigenvalue weighted by molar-refractivity contribution is 9.10. The molecule has 6 nitrogen and oxygen atoms in total. The number of carbonyl (C=O) groups is 3. The Morgan fingerprint density at radius 3 is 2.76 bits per heavy atom. The first-order valence-electron chi connectivity index (χ1n) is 7.37. The molecule has 0 bridgehead atoms. The average molecular weight is 406 g/mol. The third-order valence-corrected chi connectivity index (χ3v) is 4.33. The van der Waals surface area contributed by atoms with Gasteiger partial charge in [-0.25, -0.2) is 9.18 Å². The van der Waals surface area contributed by atoms with E-state index in [1.165, 1.54) is 12.1 Å². The Morgan fingerprint density at radius 2 is 2.04 bits per heavy atom. The van der Waals surface area contributed by atoms with E-state index in [2.05, 4.69) is 26.6 Å². The molecule has 2 N–H and O–H groups in total. The van der Waals surface area contributed by atoms with Gasteiger partial charge in [0.05, 0.1) is 18.7 Å². The number of benzene rings is 2. The molecule has 25 heavy (non-hydrogen) atoms. The van der Waals surface area contributed by atoms with Crippen LogP contribution in [-0.4, -0.2) is 29.3 Å². The lowest BCUT2D eigenvalue weighted by Gasteiger charge is -2.13. The van der Waals surface area contributed by atoms with Crippen LogP contribution in [0.4, 0.5) is 14.9 Å². The molecule has 2 aromatic rings. The minimum Gasteiger partial charge on any atom is -0.329 e. The first-order valence-corrected chi connectivity index (χ1v) is 8.17. The Balaban J connectivity index is 1.75. The molecular formula is C17H13BrFN3O3. The number of anilines is 1. The summed E-state index contributed by atoms with van der Waals surface area (Å²) in [5, 5.41) is 5.12. The van der Waals surface area contributed by atoms with Gasteiger partial charge in [0.15, 0.2) is 0 Å². The van der Waals surface area contributed by atoms with Gasteiger partial charge >= 0.3 is 6.03 Å². The second-order valence-electron chi connectivity index (χ2n) is 5.42. The topological polar surface area (TPSA) is 78.5 Å². The lowest BCUT2D eigenvalue weighted by molar-refractivity contribution is -0.125. The highest BCUT2D eigenvalue weighted by Gasteiger charge is 2.28. The minimum atomic E-state index is -0.513. The molecule has 0 aliphatic carbocycles. The molecule has 0 unspecified atom stereocenters. The van der Waals surface area contributed by atoms with Gasteiger partial charge in [-0.05, 0) is 51.8 Å². The monoisotopic (exact) mass is 405 g/mol. The molecule has 0 radical (unpaired) electrons. The van der Waals surface area contributed by atoms with E-state index < -0.39 is 17.8 Å².